The van der Waals surface area contributed by atoms with Crippen molar-refractivity contribution in [2.24, 2.45) is 4.99 Å². The molecule has 1 aliphatic heterocycles. The number of hydrogen-bond donors (Lipinski definition) is 1. The van der Waals surface area contributed by atoms with Crippen LogP contribution in [0.4, 0.5) is 11.4 Å². The van der Waals surface area contributed by atoms with Crippen molar-refractivity contribution in [2.45, 2.75) is 0 Å². The van der Waals surface area contributed by atoms with Gasteiger partial charge in [-0.2, -0.15) is 0 Å². The topological polar surface area (TPSA) is 33.6 Å². The van der Waals surface area contributed by atoms with E-state index in [0.717, 1.165) is 11.4 Å². The lowest BCUT2D eigenvalue weighted by molar-refractivity contribution is 0.408. The van der Waals surface area contributed by atoms with Crippen molar-refractivity contribution in [3.8, 4) is 0 Å². The standard InChI is InChI=1S/C7H5N2O/c1-2-4-7-6(3-1)8-5-10-9-7/h1-4,9H. The smallest absolute Gasteiger partial charge is 0.312 e. The Morgan fingerprint density at radius 2 is 2.30 bits per heavy atom. The number of anilines is 1. The minimum absolute atomic E-state index is 0.855. The summed E-state index contributed by atoms with van der Waals surface area (Å²) in [4.78, 5) is 8.49. The number of benzene rings is 1. The molecular formula is C7H5N2O. The van der Waals surface area contributed by atoms with Gasteiger partial charge in [0.25, 0.3) is 0 Å². The minimum Gasteiger partial charge on any atom is -0.356 e. The molecule has 0 saturated carbocycles. The second-order valence-corrected chi connectivity index (χ2v) is 1.92. The van der Waals surface area contributed by atoms with E-state index in [1.54, 1.807) is 0 Å². The van der Waals surface area contributed by atoms with E-state index in [9.17, 15) is 0 Å². The Morgan fingerprint density at radius 1 is 1.40 bits per heavy atom. The van der Waals surface area contributed by atoms with Crippen molar-refractivity contribution in [2.75, 3.05) is 5.48 Å². The molecule has 49 valence electrons. The molecule has 0 aromatic heterocycles. The molecule has 0 bridgehead atoms. The number of nitrogens with one attached hydrogen (secondary N) is 1. The van der Waals surface area contributed by atoms with E-state index in [-0.39, 0.29) is 0 Å². The third-order valence-electron chi connectivity index (χ3n) is 1.28. The highest BCUT2D eigenvalue weighted by Crippen LogP contribution is 2.25. The molecule has 0 spiro atoms. The summed E-state index contributed by atoms with van der Waals surface area (Å²) in [5.41, 5.74) is 4.39. The van der Waals surface area contributed by atoms with Gasteiger partial charge in [-0.3, -0.25) is 0 Å². The highest BCUT2D eigenvalue weighted by Gasteiger charge is 2.02. The molecule has 10 heavy (non-hydrogen) atoms. The molecule has 1 heterocycles. The average molecular weight is 133 g/mol. The number of fused-ring (bicyclic) bond motifs is 1. The predicted octanol–water partition coefficient (Wildman–Crippen LogP) is 1.58. The van der Waals surface area contributed by atoms with Crippen molar-refractivity contribution in [1.82, 2.24) is 0 Å². The van der Waals surface area contributed by atoms with E-state index in [0.29, 0.717) is 0 Å². The second-order valence-electron chi connectivity index (χ2n) is 1.92. The van der Waals surface area contributed by atoms with Crippen molar-refractivity contribution in [1.29, 1.82) is 0 Å². The summed E-state index contributed by atoms with van der Waals surface area (Å²) in [5.74, 6) is 0. The molecule has 3 nitrogen and oxygen atoms in total. The summed E-state index contributed by atoms with van der Waals surface area (Å²) in [6.45, 7) is 0. The monoisotopic (exact) mass is 133 g/mol. The summed E-state index contributed by atoms with van der Waals surface area (Å²) in [6.07, 6.45) is 2.35. The Hall–Kier alpha value is -1.51. The van der Waals surface area contributed by atoms with Crippen LogP contribution < -0.4 is 5.48 Å². The SMILES string of the molecule is [C]1=Nc2ccccc2NO1. The van der Waals surface area contributed by atoms with Crippen LogP contribution in [-0.2, 0) is 4.84 Å². The number of hydrogen-bond acceptors (Lipinski definition) is 3. The third-order valence-corrected chi connectivity index (χ3v) is 1.28. The van der Waals surface area contributed by atoms with Crippen LogP contribution in [0.15, 0.2) is 29.3 Å². The van der Waals surface area contributed by atoms with Gasteiger partial charge in [0.15, 0.2) is 0 Å². The molecule has 1 radical (unpaired) electrons. The molecule has 0 unspecified atom stereocenters. The molecule has 0 fully saturated rings. The first kappa shape index (κ1) is 5.29. The van der Waals surface area contributed by atoms with Gasteiger partial charge in [0.1, 0.15) is 0 Å². The molecule has 0 aliphatic carbocycles. The van der Waals surface area contributed by atoms with Crippen LogP contribution in [0.5, 0.6) is 0 Å². The second kappa shape index (κ2) is 2.02. The van der Waals surface area contributed by atoms with E-state index >= 15 is 0 Å². The molecule has 1 aromatic rings. The van der Waals surface area contributed by atoms with E-state index in [4.69, 9.17) is 0 Å². The van der Waals surface area contributed by atoms with Crippen LogP contribution in [0.2, 0.25) is 0 Å². The quantitative estimate of drug-likeness (QED) is 0.582. The zero-order chi connectivity index (χ0) is 6.81. The Labute approximate surface area is 58.3 Å². The summed E-state index contributed by atoms with van der Waals surface area (Å²) in [5, 5.41) is 0. The van der Waals surface area contributed by atoms with Crippen LogP contribution in [0.25, 0.3) is 0 Å². The Bertz CT molecular complexity index is 270. The number of aliphatic imine (C=N–C) groups is 1. The summed E-state index contributed by atoms with van der Waals surface area (Å²) >= 11 is 0. The predicted molar refractivity (Wildman–Crippen MR) is 38.2 cm³/mol. The maximum Gasteiger partial charge on any atom is 0.312 e. The van der Waals surface area contributed by atoms with Gasteiger partial charge in [-0.25, -0.2) is 10.5 Å². The lowest BCUT2D eigenvalue weighted by atomic mass is 10.3. The number of rotatable bonds is 0. The Balaban J connectivity index is 2.54. The highest BCUT2D eigenvalue weighted by molar-refractivity contribution is 5.72. The zero-order valence-electron chi connectivity index (χ0n) is 5.16. The van der Waals surface area contributed by atoms with Crippen molar-refractivity contribution >= 4 is 17.8 Å². The van der Waals surface area contributed by atoms with E-state index < -0.39 is 0 Å². The molecule has 0 atom stereocenters. The summed E-state index contributed by atoms with van der Waals surface area (Å²) in [6, 6.07) is 7.60. The number of nitrogens with zero attached hydrogens (tertiary/aromatic N) is 1. The van der Waals surface area contributed by atoms with E-state index in [1.165, 1.54) is 0 Å². The van der Waals surface area contributed by atoms with Gasteiger partial charge in [0.2, 0.25) is 0 Å². The third kappa shape index (κ3) is 0.719. The fourth-order valence-corrected chi connectivity index (χ4v) is 0.807. The first-order chi connectivity index (χ1) is 4.97. The Morgan fingerprint density at radius 3 is 3.20 bits per heavy atom. The fourth-order valence-electron chi connectivity index (χ4n) is 0.807. The first-order valence-corrected chi connectivity index (χ1v) is 2.93. The van der Waals surface area contributed by atoms with Gasteiger partial charge in [-0.15, -0.1) is 0 Å². The largest absolute Gasteiger partial charge is 0.356 e. The summed E-state index contributed by atoms with van der Waals surface area (Å²) < 4.78 is 0. The highest BCUT2D eigenvalue weighted by atomic mass is 16.6. The summed E-state index contributed by atoms with van der Waals surface area (Å²) in [7, 11) is 0. The van der Waals surface area contributed by atoms with Crippen molar-refractivity contribution < 1.29 is 4.84 Å². The minimum atomic E-state index is 0.855. The first-order valence-electron chi connectivity index (χ1n) is 2.93. The Kier molecular flexibility index (Phi) is 1.07. The van der Waals surface area contributed by atoms with Crippen LogP contribution in [0.1, 0.15) is 0 Å². The molecular weight excluding hydrogens is 128 g/mol. The molecule has 2 rings (SSSR count). The van der Waals surface area contributed by atoms with Gasteiger partial charge in [0.05, 0.1) is 11.4 Å². The lowest BCUT2D eigenvalue weighted by Crippen LogP contribution is -2.02. The molecule has 3 heteroatoms. The van der Waals surface area contributed by atoms with Crippen molar-refractivity contribution in [3.63, 3.8) is 0 Å². The maximum atomic E-state index is 4.63. The number of para-hydroxylation sites is 2. The van der Waals surface area contributed by atoms with Crippen LogP contribution >= 0.6 is 0 Å². The van der Waals surface area contributed by atoms with Crippen molar-refractivity contribution in [3.05, 3.63) is 24.3 Å². The van der Waals surface area contributed by atoms with Gasteiger partial charge >= 0.3 is 6.40 Å². The molecule has 0 amide bonds. The van der Waals surface area contributed by atoms with E-state index in [2.05, 4.69) is 21.7 Å². The molecule has 1 aliphatic rings. The van der Waals surface area contributed by atoms with Gasteiger partial charge in [-0.05, 0) is 12.1 Å². The van der Waals surface area contributed by atoms with Crippen LogP contribution in [-0.4, -0.2) is 6.40 Å². The zero-order valence-corrected chi connectivity index (χ0v) is 5.16. The van der Waals surface area contributed by atoms with E-state index in [1.807, 2.05) is 24.3 Å². The van der Waals surface area contributed by atoms with Crippen LogP contribution in [0.3, 0.4) is 0 Å². The fraction of sp³-hybridized carbons (Fsp3) is 0. The molecule has 1 aromatic carbocycles. The molecule has 0 saturated heterocycles. The normalized spacial score (nSPS) is 13.2. The lowest BCUT2D eigenvalue weighted by Gasteiger charge is -2.09. The average Bonchev–Trinajstić information content (AvgIpc) is 2.05. The van der Waals surface area contributed by atoms with Crippen LogP contribution in [0, 0.1) is 0 Å². The van der Waals surface area contributed by atoms with Gasteiger partial charge < -0.3 is 4.84 Å². The molecule has 1 N–H and O–H groups in total. The van der Waals surface area contributed by atoms with Gasteiger partial charge in [-0.1, -0.05) is 12.1 Å². The van der Waals surface area contributed by atoms with Gasteiger partial charge in [0, 0.05) is 0 Å². The maximum absolute atomic E-state index is 4.63.